The van der Waals surface area contributed by atoms with Crippen molar-refractivity contribution in [3.05, 3.63) is 101 Å². The molecule has 0 radical (unpaired) electrons. The van der Waals surface area contributed by atoms with E-state index in [1.165, 1.54) is 16.7 Å². The Balaban J connectivity index is 1.78. The molecule has 2 aliphatic rings. The highest BCUT2D eigenvalue weighted by molar-refractivity contribution is 5.80. The highest BCUT2D eigenvalue weighted by atomic mass is 16.5. The van der Waals surface area contributed by atoms with E-state index in [1.54, 1.807) is 6.08 Å². The van der Waals surface area contributed by atoms with E-state index in [9.17, 15) is 5.11 Å². The van der Waals surface area contributed by atoms with E-state index in [0.29, 0.717) is 13.0 Å². The van der Waals surface area contributed by atoms with Gasteiger partial charge in [0.15, 0.2) is 0 Å². The lowest BCUT2D eigenvalue weighted by atomic mass is 9.68. The molecule has 0 saturated carbocycles. The maximum atomic E-state index is 12.1. The minimum Gasteiger partial charge on any atom is -0.489 e. The lowest BCUT2D eigenvalue weighted by Crippen LogP contribution is -2.34. The van der Waals surface area contributed by atoms with E-state index < -0.39 is 5.60 Å². The minimum atomic E-state index is -1.10. The SMILES string of the molecule is C=CCCc1c(C2(O)CCc3c(ccc4c3C=CC(C)(C)C4)C2=C)ccc(OCC=C)c1C. The Labute approximate surface area is 199 Å². The van der Waals surface area contributed by atoms with Crippen molar-refractivity contribution in [2.75, 3.05) is 6.61 Å². The summed E-state index contributed by atoms with van der Waals surface area (Å²) in [6.45, 7) is 19.2. The Morgan fingerprint density at radius 2 is 1.91 bits per heavy atom. The molecule has 2 aliphatic carbocycles. The molecule has 1 N–H and O–H groups in total. The predicted molar refractivity (Wildman–Crippen MR) is 140 cm³/mol. The summed E-state index contributed by atoms with van der Waals surface area (Å²) >= 11 is 0. The normalized spacial score (nSPS) is 20.7. The zero-order valence-electron chi connectivity index (χ0n) is 20.3. The maximum Gasteiger partial charge on any atom is 0.122 e. The second-order valence-corrected chi connectivity index (χ2v) is 10.1. The number of ether oxygens (including phenoxy) is 1. The lowest BCUT2D eigenvalue weighted by Gasteiger charge is -2.40. The molecular weight excluding hydrogens is 404 g/mol. The molecule has 2 heteroatoms. The van der Waals surface area contributed by atoms with Gasteiger partial charge in [0.05, 0.1) is 0 Å². The number of rotatable bonds is 7. The van der Waals surface area contributed by atoms with Crippen LogP contribution >= 0.6 is 0 Å². The average molecular weight is 441 g/mol. The topological polar surface area (TPSA) is 29.5 Å². The van der Waals surface area contributed by atoms with Gasteiger partial charge in [0.1, 0.15) is 18.0 Å². The van der Waals surface area contributed by atoms with Gasteiger partial charge in [0.25, 0.3) is 0 Å². The number of hydrogen-bond donors (Lipinski definition) is 1. The highest BCUT2D eigenvalue weighted by Gasteiger charge is 2.40. The quantitative estimate of drug-likeness (QED) is 0.464. The summed E-state index contributed by atoms with van der Waals surface area (Å²) in [7, 11) is 0. The fourth-order valence-electron chi connectivity index (χ4n) is 5.46. The van der Waals surface area contributed by atoms with Crippen LogP contribution in [0.5, 0.6) is 5.75 Å². The van der Waals surface area contributed by atoms with Gasteiger partial charge in [-0.1, -0.05) is 69.5 Å². The minimum absolute atomic E-state index is 0.181. The molecule has 0 amide bonds. The largest absolute Gasteiger partial charge is 0.489 e. The first-order chi connectivity index (χ1) is 15.7. The lowest BCUT2D eigenvalue weighted by molar-refractivity contribution is 0.0866. The first-order valence-electron chi connectivity index (χ1n) is 12.0. The fourth-order valence-corrected chi connectivity index (χ4v) is 5.46. The monoisotopic (exact) mass is 440 g/mol. The molecule has 0 aromatic heterocycles. The molecule has 0 saturated heterocycles. The molecule has 2 aromatic rings. The Kier molecular flexibility index (Phi) is 6.24. The third-order valence-corrected chi connectivity index (χ3v) is 7.31. The second-order valence-electron chi connectivity index (χ2n) is 10.1. The number of benzene rings is 2. The summed E-state index contributed by atoms with van der Waals surface area (Å²) < 4.78 is 5.89. The molecule has 2 nitrogen and oxygen atoms in total. The van der Waals surface area contributed by atoms with E-state index in [-0.39, 0.29) is 5.41 Å². The Bertz CT molecular complexity index is 1150. The van der Waals surface area contributed by atoms with Crippen LogP contribution < -0.4 is 4.74 Å². The Hall–Kier alpha value is -2.84. The number of aliphatic hydroxyl groups is 1. The van der Waals surface area contributed by atoms with Crippen molar-refractivity contribution in [2.45, 2.75) is 58.5 Å². The molecule has 0 fully saturated rings. The summed E-state index contributed by atoms with van der Waals surface area (Å²) in [4.78, 5) is 0. The third-order valence-electron chi connectivity index (χ3n) is 7.31. The standard InChI is InChI=1S/C31H36O2/c1-7-9-10-24-21(3)29(33-19-8-2)14-13-28(24)31(32)18-16-27-25(22(31)4)12-11-23-20-30(5,6)17-15-26(23)27/h7-8,11-15,17,32H,1-2,4,9-10,16,18-20H2,3,5-6H3. The van der Waals surface area contributed by atoms with Crippen molar-refractivity contribution in [3.8, 4) is 5.75 Å². The van der Waals surface area contributed by atoms with E-state index >= 15 is 0 Å². The number of fused-ring (bicyclic) bond motifs is 3. The van der Waals surface area contributed by atoms with Crippen molar-refractivity contribution in [1.29, 1.82) is 0 Å². The first kappa shape index (κ1) is 23.3. The Morgan fingerprint density at radius 1 is 1.12 bits per heavy atom. The summed E-state index contributed by atoms with van der Waals surface area (Å²) in [5.41, 5.74) is 8.15. The van der Waals surface area contributed by atoms with Crippen LogP contribution in [0.4, 0.5) is 0 Å². The van der Waals surface area contributed by atoms with Crippen LogP contribution in [-0.2, 0) is 24.9 Å². The van der Waals surface area contributed by atoms with Crippen molar-refractivity contribution in [3.63, 3.8) is 0 Å². The molecule has 172 valence electrons. The molecule has 0 heterocycles. The van der Waals surface area contributed by atoms with Crippen LogP contribution in [-0.4, -0.2) is 11.7 Å². The Morgan fingerprint density at radius 3 is 2.64 bits per heavy atom. The molecule has 0 bridgehead atoms. The van der Waals surface area contributed by atoms with Crippen LogP contribution in [0.15, 0.2) is 62.2 Å². The highest BCUT2D eigenvalue weighted by Crippen LogP contribution is 2.49. The smallest absolute Gasteiger partial charge is 0.122 e. The number of allylic oxidation sites excluding steroid dienone is 2. The molecule has 0 aliphatic heterocycles. The van der Waals surface area contributed by atoms with E-state index in [4.69, 9.17) is 4.74 Å². The van der Waals surface area contributed by atoms with Crippen molar-refractivity contribution >= 4 is 11.6 Å². The van der Waals surface area contributed by atoms with E-state index in [0.717, 1.165) is 59.3 Å². The second kappa shape index (κ2) is 8.83. The molecule has 33 heavy (non-hydrogen) atoms. The predicted octanol–water partition coefficient (Wildman–Crippen LogP) is 7.12. The first-order valence-corrected chi connectivity index (χ1v) is 12.0. The van der Waals surface area contributed by atoms with Gasteiger partial charge in [-0.05, 0) is 95.0 Å². The van der Waals surface area contributed by atoms with Crippen molar-refractivity contribution in [2.24, 2.45) is 5.41 Å². The van der Waals surface area contributed by atoms with Gasteiger partial charge in [-0.2, -0.15) is 0 Å². The van der Waals surface area contributed by atoms with E-state index in [1.807, 2.05) is 18.2 Å². The van der Waals surface area contributed by atoms with Crippen LogP contribution in [0.1, 0.15) is 65.6 Å². The molecule has 2 aromatic carbocycles. The average Bonchev–Trinajstić information content (AvgIpc) is 2.78. The van der Waals surface area contributed by atoms with Crippen LogP contribution in [0.25, 0.3) is 11.6 Å². The maximum absolute atomic E-state index is 12.1. The summed E-state index contributed by atoms with van der Waals surface area (Å²) in [5.74, 6) is 0.838. The summed E-state index contributed by atoms with van der Waals surface area (Å²) in [6, 6.07) is 8.41. The van der Waals surface area contributed by atoms with Gasteiger partial charge < -0.3 is 9.84 Å². The van der Waals surface area contributed by atoms with Crippen LogP contribution in [0.3, 0.4) is 0 Å². The zero-order chi connectivity index (χ0) is 23.8. The molecular formula is C31H36O2. The molecule has 4 rings (SSSR count). The third kappa shape index (κ3) is 4.13. The molecule has 1 unspecified atom stereocenters. The zero-order valence-corrected chi connectivity index (χ0v) is 20.3. The van der Waals surface area contributed by atoms with Gasteiger partial charge >= 0.3 is 0 Å². The number of hydrogen-bond acceptors (Lipinski definition) is 2. The molecule has 0 spiro atoms. The fraction of sp³-hybridized carbons (Fsp3) is 0.355. The molecule has 1 atom stereocenters. The van der Waals surface area contributed by atoms with Crippen molar-refractivity contribution < 1.29 is 9.84 Å². The van der Waals surface area contributed by atoms with Gasteiger partial charge in [-0.15, -0.1) is 6.58 Å². The van der Waals surface area contributed by atoms with Gasteiger partial charge in [-0.25, -0.2) is 0 Å². The summed E-state index contributed by atoms with van der Waals surface area (Å²) in [5, 5.41) is 12.1. The van der Waals surface area contributed by atoms with E-state index in [2.05, 4.69) is 64.8 Å². The van der Waals surface area contributed by atoms with Gasteiger partial charge in [0, 0.05) is 0 Å². The van der Waals surface area contributed by atoms with Crippen LogP contribution in [0.2, 0.25) is 0 Å². The van der Waals surface area contributed by atoms with Crippen molar-refractivity contribution in [1.82, 2.24) is 0 Å². The van der Waals surface area contributed by atoms with Gasteiger partial charge in [-0.3, -0.25) is 0 Å². The van der Waals surface area contributed by atoms with Gasteiger partial charge in [0.2, 0.25) is 0 Å². The summed E-state index contributed by atoms with van der Waals surface area (Å²) in [6.07, 6.45) is 12.4. The van der Waals surface area contributed by atoms with Crippen LogP contribution in [0, 0.1) is 12.3 Å².